The predicted molar refractivity (Wildman–Crippen MR) is 134 cm³/mol. The average molecular weight is 487 g/mol. The predicted octanol–water partition coefficient (Wildman–Crippen LogP) is 3.88. The standard InChI is InChI=1S/C26H38N4O3S/c1-16(31)29-21(10-19-15-34-17(2)30-19)23(32)14-27-22-12-26(7-6-8-26)33-24-20(22)9-18(13-28-24)11-25(3,4)5/h9,13,15,21-23,27,32H,6-8,10-12,14H2,1-5H3,(H,29,31)/t21-,22-,23-/m0/s1. The van der Waals surface area contributed by atoms with Gasteiger partial charge in [-0.2, -0.15) is 0 Å². The fourth-order valence-electron chi connectivity index (χ4n) is 5.02. The Morgan fingerprint density at radius 3 is 2.74 bits per heavy atom. The number of pyridine rings is 1. The van der Waals surface area contributed by atoms with Crippen LogP contribution in [0.5, 0.6) is 5.88 Å². The minimum Gasteiger partial charge on any atom is -0.471 e. The van der Waals surface area contributed by atoms with Crippen LogP contribution in [0.2, 0.25) is 0 Å². The molecule has 0 unspecified atom stereocenters. The third kappa shape index (κ3) is 6.15. The number of ether oxygens (including phenoxy) is 1. The van der Waals surface area contributed by atoms with E-state index < -0.39 is 12.1 Å². The molecule has 2 aliphatic rings. The summed E-state index contributed by atoms with van der Waals surface area (Å²) in [6.07, 6.45) is 6.74. The van der Waals surface area contributed by atoms with Gasteiger partial charge >= 0.3 is 0 Å². The lowest BCUT2D eigenvalue weighted by atomic mass is 9.73. The average Bonchev–Trinajstić information content (AvgIpc) is 3.13. The largest absolute Gasteiger partial charge is 0.471 e. The number of carbonyl (C=O) groups excluding carboxylic acids is 1. The van der Waals surface area contributed by atoms with Gasteiger partial charge in [0.25, 0.3) is 0 Å². The maximum absolute atomic E-state index is 11.8. The van der Waals surface area contributed by atoms with Crippen LogP contribution in [0.3, 0.4) is 0 Å². The van der Waals surface area contributed by atoms with Gasteiger partial charge in [-0.1, -0.05) is 20.8 Å². The molecule has 2 aromatic rings. The Balaban J connectivity index is 1.49. The van der Waals surface area contributed by atoms with Crippen molar-refractivity contribution in [2.45, 2.75) is 96.9 Å². The van der Waals surface area contributed by atoms with E-state index >= 15 is 0 Å². The number of carbonyl (C=O) groups is 1. The van der Waals surface area contributed by atoms with Gasteiger partial charge in [0.15, 0.2) is 0 Å². The van der Waals surface area contributed by atoms with Crippen LogP contribution in [0.1, 0.15) is 81.2 Å². The Kier molecular flexibility index (Phi) is 7.31. The van der Waals surface area contributed by atoms with Crippen LogP contribution in [-0.4, -0.2) is 45.3 Å². The molecule has 34 heavy (non-hydrogen) atoms. The molecule has 1 aliphatic heterocycles. The van der Waals surface area contributed by atoms with Crippen molar-refractivity contribution in [1.82, 2.24) is 20.6 Å². The third-order valence-corrected chi connectivity index (χ3v) is 7.54. The highest BCUT2D eigenvalue weighted by atomic mass is 32.1. The minimum absolute atomic E-state index is 0.0469. The Morgan fingerprint density at radius 2 is 2.15 bits per heavy atom. The lowest BCUT2D eigenvalue weighted by Crippen LogP contribution is -2.52. The van der Waals surface area contributed by atoms with Gasteiger partial charge in [-0.3, -0.25) is 4.79 Å². The molecule has 3 N–H and O–H groups in total. The second kappa shape index (κ2) is 9.91. The quantitative estimate of drug-likeness (QED) is 0.524. The minimum atomic E-state index is -0.750. The number of amides is 1. The number of nitrogens with zero attached hydrogens (tertiary/aromatic N) is 2. The SMILES string of the molecule is CC(=O)N[C@@H](Cc1csc(C)n1)[C@@H](O)CN[C@H]1CC2(CCC2)Oc2ncc(CC(C)(C)C)cc21. The molecule has 1 aliphatic carbocycles. The van der Waals surface area contributed by atoms with Gasteiger partial charge in [0.05, 0.1) is 22.8 Å². The first-order valence-corrected chi connectivity index (χ1v) is 13.2. The number of aryl methyl sites for hydroxylation is 1. The van der Waals surface area contributed by atoms with Gasteiger partial charge in [0.1, 0.15) is 5.60 Å². The van der Waals surface area contributed by atoms with Gasteiger partial charge < -0.3 is 20.5 Å². The van der Waals surface area contributed by atoms with E-state index in [1.807, 2.05) is 18.5 Å². The lowest BCUT2D eigenvalue weighted by molar-refractivity contribution is -0.120. The molecule has 1 amide bonds. The number of thiazole rings is 1. The number of aliphatic hydroxyl groups excluding tert-OH is 1. The zero-order valence-electron chi connectivity index (χ0n) is 21.0. The molecule has 2 aromatic heterocycles. The van der Waals surface area contributed by atoms with Crippen molar-refractivity contribution in [1.29, 1.82) is 0 Å². The van der Waals surface area contributed by atoms with Crippen molar-refractivity contribution in [3.05, 3.63) is 39.5 Å². The Labute approximate surface area is 206 Å². The second-order valence-electron chi connectivity index (χ2n) is 11.2. The van der Waals surface area contributed by atoms with Crippen LogP contribution < -0.4 is 15.4 Å². The van der Waals surface area contributed by atoms with Crippen molar-refractivity contribution < 1.29 is 14.6 Å². The summed E-state index contributed by atoms with van der Waals surface area (Å²) < 4.78 is 6.38. The van der Waals surface area contributed by atoms with E-state index in [1.54, 1.807) is 11.3 Å². The van der Waals surface area contributed by atoms with Crippen molar-refractivity contribution in [2.24, 2.45) is 5.41 Å². The molecule has 1 spiro atoms. The first-order valence-electron chi connectivity index (χ1n) is 12.3. The van der Waals surface area contributed by atoms with Crippen LogP contribution in [0.25, 0.3) is 0 Å². The molecular formula is C26H38N4O3S. The Morgan fingerprint density at radius 1 is 1.38 bits per heavy atom. The first kappa shape index (κ1) is 25.1. The summed E-state index contributed by atoms with van der Waals surface area (Å²) in [6.45, 7) is 10.5. The normalized spacial score (nSPS) is 20.7. The van der Waals surface area contributed by atoms with Gasteiger partial charge in [-0.15, -0.1) is 11.3 Å². The molecule has 0 saturated heterocycles. The molecule has 1 fully saturated rings. The lowest BCUT2D eigenvalue weighted by Gasteiger charge is -2.47. The summed E-state index contributed by atoms with van der Waals surface area (Å²) in [5, 5.41) is 20.5. The molecule has 3 atom stereocenters. The molecule has 0 bridgehead atoms. The first-order chi connectivity index (χ1) is 16.0. The molecule has 8 heteroatoms. The molecule has 186 valence electrons. The summed E-state index contributed by atoms with van der Waals surface area (Å²) in [4.78, 5) is 21.0. The van der Waals surface area contributed by atoms with Crippen LogP contribution in [0, 0.1) is 12.3 Å². The number of aliphatic hydroxyl groups is 1. The highest BCUT2D eigenvalue weighted by Gasteiger charge is 2.46. The van der Waals surface area contributed by atoms with Crippen molar-refractivity contribution in [2.75, 3.05) is 6.54 Å². The Bertz CT molecular complexity index is 1010. The number of hydrogen-bond donors (Lipinski definition) is 3. The third-order valence-electron chi connectivity index (χ3n) is 6.72. The molecule has 0 radical (unpaired) electrons. The summed E-state index contributed by atoms with van der Waals surface area (Å²) in [6, 6.07) is 1.85. The van der Waals surface area contributed by atoms with E-state index in [2.05, 4.69) is 42.5 Å². The number of hydrogen-bond acceptors (Lipinski definition) is 7. The zero-order valence-corrected chi connectivity index (χ0v) is 21.8. The van der Waals surface area contributed by atoms with E-state index in [0.29, 0.717) is 18.8 Å². The molecular weight excluding hydrogens is 448 g/mol. The number of aromatic nitrogens is 2. The van der Waals surface area contributed by atoms with Crippen molar-refractivity contribution in [3.8, 4) is 5.88 Å². The number of fused-ring (bicyclic) bond motifs is 1. The molecule has 4 rings (SSSR count). The van der Waals surface area contributed by atoms with E-state index in [4.69, 9.17) is 9.72 Å². The summed E-state index contributed by atoms with van der Waals surface area (Å²) in [5.74, 6) is 0.559. The van der Waals surface area contributed by atoms with Gasteiger partial charge in [0.2, 0.25) is 11.8 Å². The highest BCUT2D eigenvalue weighted by molar-refractivity contribution is 7.09. The maximum Gasteiger partial charge on any atom is 0.218 e. The van der Waals surface area contributed by atoms with Crippen LogP contribution in [0.4, 0.5) is 0 Å². The van der Waals surface area contributed by atoms with Crippen LogP contribution in [-0.2, 0) is 17.6 Å². The molecule has 7 nitrogen and oxygen atoms in total. The van der Waals surface area contributed by atoms with Gasteiger partial charge in [-0.05, 0) is 49.7 Å². The second-order valence-corrected chi connectivity index (χ2v) is 12.3. The fraction of sp³-hybridized carbons (Fsp3) is 0.654. The monoisotopic (exact) mass is 486 g/mol. The summed E-state index contributed by atoms with van der Waals surface area (Å²) >= 11 is 1.58. The van der Waals surface area contributed by atoms with Crippen LogP contribution in [0.15, 0.2) is 17.6 Å². The van der Waals surface area contributed by atoms with Gasteiger partial charge in [-0.25, -0.2) is 9.97 Å². The number of rotatable bonds is 8. The van der Waals surface area contributed by atoms with E-state index in [1.165, 1.54) is 18.9 Å². The van der Waals surface area contributed by atoms with Gasteiger partial charge in [0, 0.05) is 49.5 Å². The molecule has 1 saturated carbocycles. The Hall–Kier alpha value is -2.03. The smallest absolute Gasteiger partial charge is 0.218 e. The topological polar surface area (TPSA) is 96.4 Å². The summed E-state index contributed by atoms with van der Waals surface area (Å²) in [5.41, 5.74) is 3.17. The van der Waals surface area contributed by atoms with Crippen molar-refractivity contribution in [3.63, 3.8) is 0 Å². The molecule has 3 heterocycles. The highest BCUT2D eigenvalue weighted by Crippen LogP contribution is 2.48. The van der Waals surface area contributed by atoms with Crippen molar-refractivity contribution >= 4 is 17.2 Å². The van der Waals surface area contributed by atoms with E-state index in [0.717, 1.165) is 41.9 Å². The molecule has 0 aromatic carbocycles. The van der Waals surface area contributed by atoms with E-state index in [9.17, 15) is 9.90 Å². The number of nitrogens with one attached hydrogen (secondary N) is 2. The van der Waals surface area contributed by atoms with Crippen LogP contribution >= 0.6 is 11.3 Å². The zero-order chi connectivity index (χ0) is 24.5. The summed E-state index contributed by atoms with van der Waals surface area (Å²) in [7, 11) is 0. The maximum atomic E-state index is 11.8. The van der Waals surface area contributed by atoms with E-state index in [-0.39, 0.29) is 23.0 Å². The fourth-order valence-corrected chi connectivity index (χ4v) is 5.65.